The van der Waals surface area contributed by atoms with Crippen molar-refractivity contribution in [3.63, 3.8) is 0 Å². The predicted molar refractivity (Wildman–Crippen MR) is 59.1 cm³/mol. The lowest BCUT2D eigenvalue weighted by atomic mass is 9.92. The molecule has 0 bridgehead atoms. The van der Waals surface area contributed by atoms with Gasteiger partial charge in [-0.2, -0.15) is 0 Å². The topological polar surface area (TPSA) is 60.2 Å². The van der Waals surface area contributed by atoms with Gasteiger partial charge in [0, 0.05) is 6.04 Å². The number of nitrogens with two attached hydrogens (primary N) is 1. The Morgan fingerprint density at radius 2 is 1.94 bits per heavy atom. The van der Waals surface area contributed by atoms with Gasteiger partial charge < -0.3 is 5.73 Å². The van der Waals surface area contributed by atoms with Crippen molar-refractivity contribution in [2.75, 3.05) is 0 Å². The number of hydrogen-bond donors (Lipinski definition) is 1. The monoisotopic (exact) mass is 243 g/mol. The minimum atomic E-state index is -3.37. The van der Waals surface area contributed by atoms with E-state index in [1.165, 1.54) is 12.1 Å². The van der Waals surface area contributed by atoms with Gasteiger partial charge in [-0.25, -0.2) is 12.8 Å². The van der Waals surface area contributed by atoms with Crippen molar-refractivity contribution in [1.82, 2.24) is 0 Å². The summed E-state index contributed by atoms with van der Waals surface area (Å²) in [7, 11) is -3.37. The summed E-state index contributed by atoms with van der Waals surface area (Å²) in [6.45, 7) is 3.42. The Hall–Kier alpha value is -0.940. The quantitative estimate of drug-likeness (QED) is 0.705. The lowest BCUT2D eigenvalue weighted by Crippen LogP contribution is -2.39. The molecule has 3 unspecified atom stereocenters. The highest BCUT2D eigenvalue weighted by Gasteiger charge is 2.40. The molecule has 0 amide bonds. The maximum absolute atomic E-state index is 13.1. The molecule has 1 heterocycles. The standard InChI is InChI=1S/C11H14FNO2S/c1-6-7(2)16(14,15)10-4-3-8(12)5-9(10)11(6)13/h3-7,11H,13H2,1-2H3. The number of halogens is 1. The lowest BCUT2D eigenvalue weighted by molar-refractivity contribution is 0.423. The Kier molecular flexibility index (Phi) is 2.55. The predicted octanol–water partition coefficient (Wildman–Crippen LogP) is 1.64. The van der Waals surface area contributed by atoms with Crippen molar-refractivity contribution in [3.8, 4) is 0 Å². The molecule has 1 aromatic carbocycles. The van der Waals surface area contributed by atoms with Crippen molar-refractivity contribution in [1.29, 1.82) is 0 Å². The minimum absolute atomic E-state index is 0.173. The molecule has 88 valence electrons. The highest BCUT2D eigenvalue weighted by Crippen LogP contribution is 2.38. The normalized spacial score (nSPS) is 32.1. The Balaban J connectivity index is 2.73. The van der Waals surface area contributed by atoms with E-state index in [9.17, 15) is 12.8 Å². The van der Waals surface area contributed by atoms with Crippen LogP contribution in [0.25, 0.3) is 0 Å². The molecule has 5 heteroatoms. The van der Waals surface area contributed by atoms with Crippen LogP contribution in [0.1, 0.15) is 25.5 Å². The van der Waals surface area contributed by atoms with Gasteiger partial charge in [0.1, 0.15) is 5.82 Å². The molecule has 0 spiro atoms. The van der Waals surface area contributed by atoms with Crippen molar-refractivity contribution in [2.45, 2.75) is 30.0 Å². The van der Waals surface area contributed by atoms with Crippen LogP contribution in [0.15, 0.2) is 23.1 Å². The lowest BCUT2D eigenvalue weighted by Gasteiger charge is -2.33. The van der Waals surface area contributed by atoms with Gasteiger partial charge in [-0.15, -0.1) is 0 Å². The average molecular weight is 243 g/mol. The van der Waals surface area contributed by atoms with Crippen molar-refractivity contribution in [2.24, 2.45) is 11.7 Å². The summed E-state index contributed by atoms with van der Waals surface area (Å²) in [6.07, 6.45) is 0. The van der Waals surface area contributed by atoms with Crippen LogP contribution in [-0.2, 0) is 9.84 Å². The van der Waals surface area contributed by atoms with Crippen LogP contribution in [0.4, 0.5) is 4.39 Å². The summed E-state index contributed by atoms with van der Waals surface area (Å²) in [5.41, 5.74) is 6.33. The summed E-state index contributed by atoms with van der Waals surface area (Å²) in [4.78, 5) is 0.173. The molecular formula is C11H14FNO2S. The third kappa shape index (κ3) is 1.46. The molecule has 0 saturated carbocycles. The minimum Gasteiger partial charge on any atom is -0.324 e. The maximum atomic E-state index is 13.1. The summed E-state index contributed by atoms with van der Waals surface area (Å²) in [5.74, 6) is -0.662. The molecule has 3 nitrogen and oxygen atoms in total. The van der Waals surface area contributed by atoms with E-state index in [0.717, 1.165) is 6.07 Å². The van der Waals surface area contributed by atoms with E-state index in [4.69, 9.17) is 5.73 Å². The zero-order valence-corrected chi connectivity index (χ0v) is 9.96. The molecule has 2 rings (SSSR count). The first-order chi connectivity index (χ1) is 7.35. The molecule has 0 radical (unpaired) electrons. The summed E-state index contributed by atoms with van der Waals surface area (Å²) < 4.78 is 37.3. The van der Waals surface area contributed by atoms with E-state index in [1.807, 2.05) is 0 Å². The van der Waals surface area contributed by atoms with Crippen molar-refractivity contribution >= 4 is 9.84 Å². The molecule has 2 N–H and O–H groups in total. The van der Waals surface area contributed by atoms with E-state index in [1.54, 1.807) is 13.8 Å². The Bertz CT molecular complexity index is 527. The third-order valence-corrected chi connectivity index (χ3v) is 5.83. The zero-order valence-electron chi connectivity index (χ0n) is 9.14. The number of hydrogen-bond acceptors (Lipinski definition) is 3. The van der Waals surface area contributed by atoms with Crippen molar-refractivity contribution < 1.29 is 12.8 Å². The Labute approximate surface area is 94.4 Å². The van der Waals surface area contributed by atoms with E-state index in [2.05, 4.69) is 0 Å². The number of benzene rings is 1. The molecule has 0 aliphatic carbocycles. The Morgan fingerprint density at radius 3 is 2.56 bits per heavy atom. The van der Waals surface area contributed by atoms with E-state index >= 15 is 0 Å². The van der Waals surface area contributed by atoms with E-state index in [0.29, 0.717) is 5.56 Å². The second-order valence-corrected chi connectivity index (χ2v) is 6.59. The first-order valence-electron chi connectivity index (χ1n) is 5.14. The number of rotatable bonds is 0. The first-order valence-corrected chi connectivity index (χ1v) is 6.69. The van der Waals surface area contributed by atoms with Gasteiger partial charge in [-0.1, -0.05) is 6.92 Å². The van der Waals surface area contributed by atoms with E-state index < -0.39 is 26.9 Å². The summed E-state index contributed by atoms with van der Waals surface area (Å²) in [5, 5.41) is -0.527. The average Bonchev–Trinajstić information content (AvgIpc) is 2.24. The van der Waals surface area contributed by atoms with Crippen LogP contribution < -0.4 is 5.73 Å². The van der Waals surface area contributed by atoms with Crippen LogP contribution in [-0.4, -0.2) is 13.7 Å². The second-order valence-electron chi connectivity index (χ2n) is 4.32. The number of sulfone groups is 1. The van der Waals surface area contributed by atoms with Gasteiger partial charge in [0.25, 0.3) is 0 Å². The molecule has 0 fully saturated rings. The van der Waals surface area contributed by atoms with Crippen LogP contribution in [0.2, 0.25) is 0 Å². The van der Waals surface area contributed by atoms with E-state index in [-0.39, 0.29) is 10.8 Å². The highest BCUT2D eigenvalue weighted by molar-refractivity contribution is 7.92. The first kappa shape index (κ1) is 11.5. The summed E-state index contributed by atoms with van der Waals surface area (Å²) >= 11 is 0. The number of fused-ring (bicyclic) bond motifs is 1. The van der Waals surface area contributed by atoms with Crippen LogP contribution >= 0.6 is 0 Å². The molecular weight excluding hydrogens is 229 g/mol. The second kappa shape index (κ2) is 3.53. The molecule has 16 heavy (non-hydrogen) atoms. The summed E-state index contributed by atoms with van der Waals surface area (Å²) in [6, 6.07) is 3.26. The molecule has 0 aromatic heterocycles. The molecule has 0 saturated heterocycles. The van der Waals surface area contributed by atoms with Crippen LogP contribution in [0.5, 0.6) is 0 Å². The fraction of sp³-hybridized carbons (Fsp3) is 0.455. The zero-order chi connectivity index (χ0) is 12.1. The van der Waals surface area contributed by atoms with Gasteiger partial charge in [0.2, 0.25) is 0 Å². The maximum Gasteiger partial charge on any atom is 0.181 e. The Morgan fingerprint density at radius 1 is 1.31 bits per heavy atom. The smallest absolute Gasteiger partial charge is 0.181 e. The molecule has 1 aromatic rings. The van der Waals surface area contributed by atoms with Crippen LogP contribution in [0, 0.1) is 11.7 Å². The third-order valence-electron chi connectivity index (χ3n) is 3.43. The van der Waals surface area contributed by atoms with Gasteiger partial charge in [0.05, 0.1) is 10.1 Å². The van der Waals surface area contributed by atoms with Gasteiger partial charge >= 0.3 is 0 Å². The SMILES string of the molecule is CC1C(N)c2cc(F)ccc2S(=O)(=O)C1C. The fourth-order valence-corrected chi connectivity index (χ4v) is 4.01. The molecule has 1 aliphatic heterocycles. The fourth-order valence-electron chi connectivity index (χ4n) is 2.10. The van der Waals surface area contributed by atoms with Gasteiger partial charge in [0.15, 0.2) is 9.84 Å². The largest absolute Gasteiger partial charge is 0.324 e. The molecule has 3 atom stereocenters. The van der Waals surface area contributed by atoms with Gasteiger partial charge in [-0.3, -0.25) is 0 Å². The highest BCUT2D eigenvalue weighted by atomic mass is 32.2. The van der Waals surface area contributed by atoms with Crippen LogP contribution in [0.3, 0.4) is 0 Å². The van der Waals surface area contributed by atoms with Gasteiger partial charge in [-0.05, 0) is 36.6 Å². The van der Waals surface area contributed by atoms with Crippen molar-refractivity contribution in [3.05, 3.63) is 29.6 Å². The molecule has 1 aliphatic rings.